The molecule has 0 unspecified atom stereocenters. The molecule has 3 rings (SSSR count). The molecule has 0 bridgehead atoms. The summed E-state index contributed by atoms with van der Waals surface area (Å²) in [6.07, 6.45) is 2.23. The van der Waals surface area contributed by atoms with Gasteiger partial charge in [0.2, 0.25) is 11.8 Å². The molecular formula is C17H26Cl2N4O2. The van der Waals surface area contributed by atoms with Crippen LogP contribution < -0.4 is 10.6 Å². The molecule has 1 aliphatic heterocycles. The van der Waals surface area contributed by atoms with Gasteiger partial charge in [0.15, 0.2) is 0 Å². The molecule has 1 aromatic carbocycles. The number of benzene rings is 1. The lowest BCUT2D eigenvalue weighted by atomic mass is 10.3. The minimum absolute atomic E-state index is 0. The first-order chi connectivity index (χ1) is 11.2. The van der Waals surface area contributed by atoms with E-state index in [0.29, 0.717) is 32.2 Å². The van der Waals surface area contributed by atoms with Gasteiger partial charge in [0.1, 0.15) is 0 Å². The highest BCUT2D eigenvalue weighted by atomic mass is 35.5. The third-order valence-corrected chi connectivity index (χ3v) is 4.25. The molecule has 1 heterocycles. The van der Waals surface area contributed by atoms with Gasteiger partial charge in [-0.2, -0.15) is 0 Å². The van der Waals surface area contributed by atoms with Gasteiger partial charge in [-0.05, 0) is 25.0 Å². The molecule has 140 valence electrons. The Morgan fingerprint density at radius 2 is 1.64 bits per heavy atom. The van der Waals surface area contributed by atoms with Gasteiger partial charge in [0.05, 0.1) is 13.1 Å². The monoisotopic (exact) mass is 388 g/mol. The normalized spacial score (nSPS) is 17.0. The molecule has 8 heteroatoms. The molecule has 2 N–H and O–H groups in total. The molecule has 6 nitrogen and oxygen atoms in total. The first kappa shape index (κ1) is 21.5. The van der Waals surface area contributed by atoms with Crippen molar-refractivity contribution in [3.63, 3.8) is 0 Å². The Labute approximate surface area is 161 Å². The molecule has 0 aromatic heterocycles. The molecule has 1 aromatic rings. The van der Waals surface area contributed by atoms with E-state index < -0.39 is 0 Å². The molecule has 1 saturated carbocycles. The predicted octanol–water partition coefficient (Wildman–Crippen LogP) is 1.36. The van der Waals surface area contributed by atoms with Gasteiger partial charge in [-0.25, -0.2) is 0 Å². The average Bonchev–Trinajstić information content (AvgIpc) is 3.38. The summed E-state index contributed by atoms with van der Waals surface area (Å²) in [5, 5.41) is 6.15. The van der Waals surface area contributed by atoms with Gasteiger partial charge < -0.3 is 15.5 Å². The summed E-state index contributed by atoms with van der Waals surface area (Å²) in [6, 6.07) is 10.1. The standard InChI is InChI=1S/C17H24N4O2.2ClH/c22-16(19-15-6-7-15)13-20-8-10-21(11-9-20)17(23)12-18-14-4-2-1-3-5-14;;/h1-5,15,18H,6-13H2,(H,19,22);2*1H. The zero-order valence-electron chi connectivity index (χ0n) is 14.1. The smallest absolute Gasteiger partial charge is 0.241 e. The molecule has 0 radical (unpaired) electrons. The molecule has 25 heavy (non-hydrogen) atoms. The quantitative estimate of drug-likeness (QED) is 0.772. The largest absolute Gasteiger partial charge is 0.376 e. The minimum Gasteiger partial charge on any atom is -0.376 e. The minimum atomic E-state index is 0. The van der Waals surface area contributed by atoms with E-state index in [-0.39, 0.29) is 36.6 Å². The second-order valence-corrected chi connectivity index (χ2v) is 6.22. The van der Waals surface area contributed by atoms with E-state index in [1.54, 1.807) is 0 Å². The van der Waals surface area contributed by atoms with Crippen LogP contribution in [0.15, 0.2) is 30.3 Å². The number of amides is 2. The lowest BCUT2D eigenvalue weighted by molar-refractivity contribution is -0.131. The third-order valence-electron chi connectivity index (χ3n) is 4.25. The fourth-order valence-corrected chi connectivity index (χ4v) is 2.70. The van der Waals surface area contributed by atoms with Crippen LogP contribution in [0.3, 0.4) is 0 Å². The first-order valence-electron chi connectivity index (χ1n) is 8.29. The molecule has 0 spiro atoms. The van der Waals surface area contributed by atoms with Crippen molar-refractivity contribution in [3.05, 3.63) is 30.3 Å². The number of hydrogen-bond acceptors (Lipinski definition) is 4. The van der Waals surface area contributed by atoms with E-state index in [1.165, 1.54) is 0 Å². The summed E-state index contributed by atoms with van der Waals surface area (Å²) in [5.41, 5.74) is 0.955. The number of piperazine rings is 1. The van der Waals surface area contributed by atoms with Crippen molar-refractivity contribution in [1.29, 1.82) is 0 Å². The zero-order chi connectivity index (χ0) is 16.1. The summed E-state index contributed by atoms with van der Waals surface area (Å²) in [7, 11) is 0. The highest BCUT2D eigenvalue weighted by molar-refractivity contribution is 5.85. The number of halogens is 2. The fraction of sp³-hybridized carbons (Fsp3) is 0.529. The summed E-state index contributed by atoms with van der Waals surface area (Å²) in [4.78, 5) is 28.0. The predicted molar refractivity (Wildman–Crippen MR) is 104 cm³/mol. The number of hydrogen-bond donors (Lipinski definition) is 2. The van der Waals surface area contributed by atoms with Crippen molar-refractivity contribution in [2.45, 2.75) is 18.9 Å². The van der Waals surface area contributed by atoms with Crippen molar-refractivity contribution >= 4 is 42.3 Å². The second-order valence-electron chi connectivity index (χ2n) is 6.22. The summed E-state index contributed by atoms with van der Waals surface area (Å²) >= 11 is 0. The molecule has 1 aliphatic carbocycles. The third kappa shape index (κ3) is 7.10. The summed E-state index contributed by atoms with van der Waals surface area (Å²) in [6.45, 7) is 3.65. The Bertz CT molecular complexity index is 547. The number of nitrogens with one attached hydrogen (secondary N) is 2. The second kappa shape index (κ2) is 10.5. The van der Waals surface area contributed by atoms with E-state index >= 15 is 0 Å². The van der Waals surface area contributed by atoms with Gasteiger partial charge in [0, 0.05) is 37.9 Å². The molecular weight excluding hydrogens is 363 g/mol. The van der Waals surface area contributed by atoms with E-state index in [4.69, 9.17) is 0 Å². The van der Waals surface area contributed by atoms with E-state index in [2.05, 4.69) is 15.5 Å². The average molecular weight is 389 g/mol. The van der Waals surface area contributed by atoms with Crippen LogP contribution in [0.5, 0.6) is 0 Å². The van der Waals surface area contributed by atoms with Crippen LogP contribution in [0.4, 0.5) is 5.69 Å². The van der Waals surface area contributed by atoms with Crippen molar-refractivity contribution in [2.24, 2.45) is 0 Å². The molecule has 0 atom stereocenters. The summed E-state index contributed by atoms with van der Waals surface area (Å²) < 4.78 is 0. The Balaban J connectivity index is 0.00000156. The summed E-state index contributed by atoms with van der Waals surface area (Å²) in [5.74, 6) is 0.217. The van der Waals surface area contributed by atoms with Crippen LogP contribution in [0.2, 0.25) is 0 Å². The van der Waals surface area contributed by atoms with Crippen molar-refractivity contribution in [1.82, 2.24) is 15.1 Å². The van der Waals surface area contributed by atoms with Crippen LogP contribution in [-0.4, -0.2) is 66.9 Å². The van der Waals surface area contributed by atoms with Gasteiger partial charge in [-0.3, -0.25) is 14.5 Å². The zero-order valence-corrected chi connectivity index (χ0v) is 15.8. The number of anilines is 1. The number of carbonyl (C=O) groups excluding carboxylic acids is 2. The molecule has 2 amide bonds. The van der Waals surface area contributed by atoms with Gasteiger partial charge >= 0.3 is 0 Å². The first-order valence-corrected chi connectivity index (χ1v) is 8.29. The highest BCUT2D eigenvalue weighted by Crippen LogP contribution is 2.18. The lowest BCUT2D eigenvalue weighted by Crippen LogP contribution is -2.52. The van der Waals surface area contributed by atoms with Crippen LogP contribution >= 0.6 is 24.8 Å². The highest BCUT2D eigenvalue weighted by Gasteiger charge is 2.26. The van der Waals surface area contributed by atoms with Gasteiger partial charge in [0.25, 0.3) is 0 Å². The van der Waals surface area contributed by atoms with Crippen molar-refractivity contribution in [3.8, 4) is 0 Å². The SMILES string of the molecule is Cl.Cl.O=C(CN1CCN(C(=O)CNc2ccccc2)CC1)NC1CC1. The fourth-order valence-electron chi connectivity index (χ4n) is 2.70. The number of nitrogens with zero attached hydrogens (tertiary/aromatic N) is 2. The van der Waals surface area contributed by atoms with E-state index in [0.717, 1.165) is 31.6 Å². The van der Waals surface area contributed by atoms with Gasteiger partial charge in [-0.1, -0.05) is 18.2 Å². The van der Waals surface area contributed by atoms with Crippen LogP contribution in [0.1, 0.15) is 12.8 Å². The molecule has 1 saturated heterocycles. The van der Waals surface area contributed by atoms with Crippen molar-refractivity contribution < 1.29 is 9.59 Å². The van der Waals surface area contributed by atoms with Gasteiger partial charge in [-0.15, -0.1) is 24.8 Å². The topological polar surface area (TPSA) is 64.7 Å². The Hall–Kier alpha value is -1.50. The number of para-hydroxylation sites is 1. The number of carbonyl (C=O) groups is 2. The van der Waals surface area contributed by atoms with Crippen LogP contribution in [0, 0.1) is 0 Å². The maximum absolute atomic E-state index is 12.2. The van der Waals surface area contributed by atoms with Crippen LogP contribution in [0.25, 0.3) is 0 Å². The van der Waals surface area contributed by atoms with Crippen molar-refractivity contribution in [2.75, 3.05) is 44.6 Å². The molecule has 2 fully saturated rings. The molecule has 2 aliphatic rings. The Morgan fingerprint density at radius 3 is 2.24 bits per heavy atom. The van der Waals surface area contributed by atoms with E-state index in [9.17, 15) is 9.59 Å². The maximum Gasteiger partial charge on any atom is 0.241 e. The Kier molecular flexibility index (Phi) is 9.03. The number of rotatable bonds is 6. The van der Waals surface area contributed by atoms with Crippen LogP contribution in [-0.2, 0) is 9.59 Å². The maximum atomic E-state index is 12.2. The Morgan fingerprint density at radius 1 is 1.00 bits per heavy atom. The van der Waals surface area contributed by atoms with E-state index in [1.807, 2.05) is 35.2 Å². The lowest BCUT2D eigenvalue weighted by Gasteiger charge is -2.34.